The Morgan fingerprint density at radius 1 is 1.21 bits per heavy atom. The van der Waals surface area contributed by atoms with E-state index in [1.54, 1.807) is 6.92 Å². The van der Waals surface area contributed by atoms with Crippen LogP contribution >= 0.6 is 0 Å². The van der Waals surface area contributed by atoms with E-state index in [4.69, 9.17) is 24.9 Å². The van der Waals surface area contributed by atoms with Crippen molar-refractivity contribution in [1.29, 1.82) is 0 Å². The lowest BCUT2D eigenvalue weighted by molar-refractivity contribution is -0.143. The van der Waals surface area contributed by atoms with Crippen LogP contribution in [0, 0.1) is 0 Å². The van der Waals surface area contributed by atoms with Gasteiger partial charge in [0.2, 0.25) is 6.79 Å². The Morgan fingerprint density at radius 3 is 2.82 bits per heavy atom. The van der Waals surface area contributed by atoms with Crippen LogP contribution in [-0.2, 0) is 28.0 Å². The zero-order valence-corrected chi connectivity index (χ0v) is 15.8. The Hall–Kier alpha value is -3.03. The van der Waals surface area contributed by atoms with Gasteiger partial charge in [0.15, 0.2) is 11.5 Å². The fourth-order valence-corrected chi connectivity index (χ4v) is 3.64. The van der Waals surface area contributed by atoms with E-state index in [-0.39, 0.29) is 12.8 Å². The number of fused-ring (bicyclic) bond motifs is 2. The number of benzene rings is 2. The molecule has 28 heavy (non-hydrogen) atoms. The molecule has 1 aromatic heterocycles. The molecule has 146 valence electrons. The predicted molar refractivity (Wildman–Crippen MR) is 103 cm³/mol. The first kappa shape index (κ1) is 18.3. The number of hydrogen-bond acceptors (Lipinski definition) is 6. The fourth-order valence-electron chi connectivity index (χ4n) is 3.64. The van der Waals surface area contributed by atoms with Crippen molar-refractivity contribution in [2.45, 2.75) is 19.4 Å². The molecule has 1 aliphatic rings. The molecule has 1 unspecified atom stereocenters. The zero-order valence-electron chi connectivity index (χ0n) is 15.8. The number of aromatic nitrogens is 1. The molecule has 0 fully saturated rings. The molecule has 2 heterocycles. The molecule has 1 atom stereocenters. The van der Waals surface area contributed by atoms with Gasteiger partial charge in [-0.05, 0) is 41.8 Å². The number of nitrogens with two attached hydrogens (primary N) is 1. The Balaban J connectivity index is 1.84. The number of carbonyl (C=O) groups is 1. The van der Waals surface area contributed by atoms with Crippen molar-refractivity contribution in [3.05, 3.63) is 59.3 Å². The fraction of sp³-hybridized carbons (Fsp3) is 0.286. The Labute approximate surface area is 162 Å². The van der Waals surface area contributed by atoms with Crippen LogP contribution in [0.25, 0.3) is 10.9 Å². The highest BCUT2D eigenvalue weighted by Gasteiger charge is 2.29. The first-order chi connectivity index (χ1) is 13.6. The monoisotopic (exact) mass is 382 g/mol. The van der Waals surface area contributed by atoms with E-state index >= 15 is 0 Å². The van der Waals surface area contributed by atoms with Crippen LogP contribution in [0.15, 0.2) is 42.6 Å². The minimum absolute atomic E-state index is 0.184. The minimum atomic E-state index is -0.574. The molecule has 0 amide bonds. The summed E-state index contributed by atoms with van der Waals surface area (Å²) in [6.07, 6.45) is 1.96. The molecule has 4 rings (SSSR count). The molecular formula is C21H22N2O5. The molecule has 0 saturated carbocycles. The maximum atomic E-state index is 12.9. The predicted octanol–water partition coefficient (Wildman–Crippen LogP) is 2.99. The van der Waals surface area contributed by atoms with Crippen LogP contribution in [-0.4, -0.2) is 23.9 Å². The number of nitrogens with zero attached hydrogens (tertiary/aromatic N) is 1. The van der Waals surface area contributed by atoms with E-state index in [1.807, 2.05) is 54.2 Å². The third-order valence-electron chi connectivity index (χ3n) is 4.90. The second-order valence-corrected chi connectivity index (χ2v) is 6.66. The first-order valence-electron chi connectivity index (χ1n) is 9.08. The maximum Gasteiger partial charge on any atom is 0.317 e. The highest BCUT2D eigenvalue weighted by molar-refractivity contribution is 5.93. The van der Waals surface area contributed by atoms with Crippen LogP contribution in [0.4, 0.5) is 0 Å². The quantitative estimate of drug-likeness (QED) is 0.521. The Bertz CT molecular complexity index is 1030. The molecule has 0 aliphatic carbocycles. The van der Waals surface area contributed by atoms with Crippen LogP contribution in [0.1, 0.15) is 29.5 Å². The van der Waals surface area contributed by atoms with Gasteiger partial charge in [0, 0.05) is 24.1 Å². The maximum absolute atomic E-state index is 12.9. The minimum Gasteiger partial charge on any atom is -0.465 e. The van der Waals surface area contributed by atoms with Crippen molar-refractivity contribution in [2.75, 3.05) is 13.4 Å². The van der Waals surface area contributed by atoms with Gasteiger partial charge in [-0.1, -0.05) is 18.2 Å². The molecule has 1 aliphatic heterocycles. The third-order valence-corrected chi connectivity index (χ3v) is 4.90. The third kappa shape index (κ3) is 3.19. The number of carbonyl (C=O) groups excluding carboxylic acids is 1. The van der Waals surface area contributed by atoms with Gasteiger partial charge in [-0.15, -0.1) is 0 Å². The molecule has 0 saturated heterocycles. The van der Waals surface area contributed by atoms with Crippen molar-refractivity contribution in [3.63, 3.8) is 0 Å². The van der Waals surface area contributed by atoms with Crippen molar-refractivity contribution >= 4 is 16.9 Å². The molecule has 7 heteroatoms. The largest absolute Gasteiger partial charge is 0.465 e. The number of ether oxygens (including phenoxy) is 3. The normalized spacial score (nSPS) is 13.7. The summed E-state index contributed by atoms with van der Waals surface area (Å²) in [6.45, 7) is 2.61. The summed E-state index contributed by atoms with van der Waals surface area (Å²) in [6, 6.07) is 11.5. The number of aryl methyl sites for hydroxylation is 1. The van der Waals surface area contributed by atoms with Crippen molar-refractivity contribution in [1.82, 2.24) is 4.57 Å². The molecule has 0 radical (unpaired) electrons. The van der Waals surface area contributed by atoms with E-state index in [0.717, 1.165) is 27.6 Å². The van der Waals surface area contributed by atoms with Crippen LogP contribution in [0.3, 0.4) is 0 Å². The number of esters is 1. The molecule has 2 aromatic carbocycles. The Morgan fingerprint density at radius 2 is 2.04 bits per heavy atom. The van der Waals surface area contributed by atoms with Gasteiger partial charge in [-0.3, -0.25) is 9.63 Å². The molecular weight excluding hydrogens is 360 g/mol. The smallest absolute Gasteiger partial charge is 0.317 e. The van der Waals surface area contributed by atoms with Crippen molar-refractivity contribution in [2.24, 2.45) is 12.9 Å². The van der Waals surface area contributed by atoms with Crippen molar-refractivity contribution < 1.29 is 23.8 Å². The second kappa shape index (κ2) is 7.53. The van der Waals surface area contributed by atoms with Gasteiger partial charge in [0.25, 0.3) is 0 Å². The molecule has 7 nitrogen and oxygen atoms in total. The summed E-state index contributed by atoms with van der Waals surface area (Å²) in [5.41, 5.74) is 3.61. The van der Waals surface area contributed by atoms with Gasteiger partial charge in [-0.25, -0.2) is 5.90 Å². The molecule has 0 bridgehead atoms. The van der Waals surface area contributed by atoms with E-state index in [1.165, 1.54) is 0 Å². The molecule has 2 N–H and O–H groups in total. The summed E-state index contributed by atoms with van der Waals surface area (Å²) >= 11 is 0. The van der Waals surface area contributed by atoms with Crippen LogP contribution in [0.2, 0.25) is 0 Å². The first-order valence-corrected chi connectivity index (χ1v) is 9.08. The van der Waals surface area contributed by atoms with E-state index < -0.39 is 5.92 Å². The number of hydrogen-bond donors (Lipinski definition) is 1. The lowest BCUT2D eigenvalue weighted by atomic mass is 9.90. The summed E-state index contributed by atoms with van der Waals surface area (Å²) in [4.78, 5) is 17.7. The van der Waals surface area contributed by atoms with Gasteiger partial charge < -0.3 is 18.8 Å². The topological polar surface area (TPSA) is 84.9 Å². The van der Waals surface area contributed by atoms with Gasteiger partial charge in [0.05, 0.1) is 13.2 Å². The standard InChI is InChI=1S/C21H22N2O5/c1-3-25-21(24)20(14-5-7-18-19(9-14)27-12-26-18)16-10-23(2)17-8-13(11-28-22)4-6-15(16)17/h4-10,20H,3,11-12,22H2,1-2H3. The summed E-state index contributed by atoms with van der Waals surface area (Å²) in [5, 5.41) is 0.971. The van der Waals surface area contributed by atoms with Gasteiger partial charge in [0.1, 0.15) is 5.92 Å². The molecule has 0 spiro atoms. The highest BCUT2D eigenvalue weighted by Crippen LogP contribution is 2.39. The van der Waals surface area contributed by atoms with Gasteiger partial charge >= 0.3 is 5.97 Å². The van der Waals surface area contributed by atoms with E-state index in [0.29, 0.717) is 24.7 Å². The highest BCUT2D eigenvalue weighted by atomic mass is 16.7. The van der Waals surface area contributed by atoms with E-state index in [2.05, 4.69) is 0 Å². The summed E-state index contributed by atoms with van der Waals surface area (Å²) in [5.74, 6) is 5.63. The summed E-state index contributed by atoms with van der Waals surface area (Å²) in [7, 11) is 1.95. The average Bonchev–Trinajstić information content (AvgIpc) is 3.27. The van der Waals surface area contributed by atoms with E-state index in [9.17, 15) is 4.79 Å². The lowest BCUT2D eigenvalue weighted by Crippen LogP contribution is -2.17. The van der Waals surface area contributed by atoms with Crippen LogP contribution in [0.5, 0.6) is 11.5 Å². The molecule has 3 aromatic rings. The van der Waals surface area contributed by atoms with Gasteiger partial charge in [-0.2, -0.15) is 0 Å². The Kier molecular flexibility index (Phi) is 4.93. The van der Waals surface area contributed by atoms with Crippen molar-refractivity contribution in [3.8, 4) is 11.5 Å². The zero-order chi connectivity index (χ0) is 19.7. The van der Waals surface area contributed by atoms with Crippen LogP contribution < -0.4 is 15.4 Å². The number of rotatable bonds is 6. The average molecular weight is 382 g/mol. The second-order valence-electron chi connectivity index (χ2n) is 6.66. The summed E-state index contributed by atoms with van der Waals surface area (Å²) < 4.78 is 18.3. The SMILES string of the molecule is CCOC(=O)C(c1ccc2c(c1)OCO2)c1cn(C)c2cc(CON)ccc12. The lowest BCUT2D eigenvalue weighted by Gasteiger charge is -2.16.